The van der Waals surface area contributed by atoms with Gasteiger partial charge in [0.25, 0.3) is 0 Å². The second-order valence-corrected chi connectivity index (χ2v) is 7.55. The van der Waals surface area contributed by atoms with Gasteiger partial charge in [-0.1, -0.05) is 23.5 Å². The van der Waals surface area contributed by atoms with Gasteiger partial charge in [-0.05, 0) is 24.1 Å². The summed E-state index contributed by atoms with van der Waals surface area (Å²) in [4.78, 5) is 15.9. The zero-order valence-corrected chi connectivity index (χ0v) is 16.7. The van der Waals surface area contributed by atoms with Gasteiger partial charge in [0.1, 0.15) is 5.75 Å². The van der Waals surface area contributed by atoms with Crippen molar-refractivity contribution in [3.8, 4) is 5.75 Å². The third kappa shape index (κ3) is 6.04. The van der Waals surface area contributed by atoms with Crippen LogP contribution < -0.4 is 15.0 Å². The van der Waals surface area contributed by atoms with E-state index in [1.807, 2.05) is 29.2 Å². The molecule has 1 aliphatic rings. The minimum atomic E-state index is -4.47. The van der Waals surface area contributed by atoms with Crippen molar-refractivity contribution in [3.05, 3.63) is 34.8 Å². The molecular weight excluding hydrogens is 407 g/mol. The fourth-order valence-corrected chi connectivity index (χ4v) is 3.72. The fraction of sp³-hybridized carbons (Fsp3) is 0.500. The molecule has 1 saturated heterocycles. The molecule has 1 aromatic heterocycles. The van der Waals surface area contributed by atoms with Crippen LogP contribution in [0, 0.1) is 0 Å². The van der Waals surface area contributed by atoms with Gasteiger partial charge < -0.3 is 15.0 Å². The maximum Gasteiger partial charge on any atom is 0.445 e. The van der Waals surface area contributed by atoms with Crippen LogP contribution in [-0.4, -0.2) is 67.4 Å². The summed E-state index contributed by atoms with van der Waals surface area (Å²) in [7, 11) is 1.61. The average molecular weight is 429 g/mol. The van der Waals surface area contributed by atoms with Crippen LogP contribution in [0.2, 0.25) is 0 Å². The predicted octanol–water partition coefficient (Wildman–Crippen LogP) is 2.05. The van der Waals surface area contributed by atoms with Crippen LogP contribution in [0.3, 0.4) is 0 Å². The molecule has 1 N–H and O–H groups in total. The number of nitrogens with zero attached hydrogens (tertiary/aromatic N) is 4. The third-order valence-corrected chi connectivity index (χ3v) is 5.59. The number of methoxy groups -OCH3 is 1. The van der Waals surface area contributed by atoms with Gasteiger partial charge in [0, 0.05) is 32.7 Å². The van der Waals surface area contributed by atoms with Gasteiger partial charge in [-0.3, -0.25) is 9.69 Å². The molecular formula is C18H22F3N5O2S. The summed E-state index contributed by atoms with van der Waals surface area (Å²) in [5.74, 6) is 0.724. The fourth-order valence-electron chi connectivity index (χ4n) is 2.95. The van der Waals surface area contributed by atoms with Crippen LogP contribution in [0.15, 0.2) is 24.3 Å². The minimum Gasteiger partial charge on any atom is -0.497 e. The van der Waals surface area contributed by atoms with Crippen molar-refractivity contribution in [3.63, 3.8) is 0 Å². The number of rotatable bonds is 7. The molecule has 1 amide bonds. The van der Waals surface area contributed by atoms with Crippen LogP contribution in [0.1, 0.15) is 10.6 Å². The van der Waals surface area contributed by atoms with Crippen LogP contribution in [0.25, 0.3) is 0 Å². The Morgan fingerprint density at radius 3 is 2.45 bits per heavy atom. The summed E-state index contributed by atoms with van der Waals surface area (Å²) < 4.78 is 43.1. The van der Waals surface area contributed by atoms with Gasteiger partial charge in [0.05, 0.1) is 13.7 Å². The van der Waals surface area contributed by atoms with E-state index >= 15 is 0 Å². The molecule has 0 bridgehead atoms. The van der Waals surface area contributed by atoms with E-state index in [2.05, 4.69) is 15.5 Å². The first-order chi connectivity index (χ1) is 13.8. The van der Waals surface area contributed by atoms with Crippen molar-refractivity contribution < 1.29 is 22.7 Å². The molecule has 1 aromatic carbocycles. The van der Waals surface area contributed by atoms with Crippen LogP contribution in [0.5, 0.6) is 5.75 Å². The predicted molar refractivity (Wildman–Crippen MR) is 103 cm³/mol. The zero-order valence-electron chi connectivity index (χ0n) is 15.9. The van der Waals surface area contributed by atoms with Crippen molar-refractivity contribution in [2.75, 3.05) is 51.3 Å². The number of ether oxygens (including phenoxy) is 1. The molecule has 158 valence electrons. The largest absolute Gasteiger partial charge is 0.497 e. The molecule has 0 saturated carbocycles. The molecule has 2 heterocycles. The second-order valence-electron chi connectivity index (χ2n) is 6.60. The van der Waals surface area contributed by atoms with Crippen LogP contribution >= 0.6 is 11.3 Å². The number of hydrogen-bond donors (Lipinski definition) is 1. The Labute approximate surface area is 170 Å². The maximum atomic E-state index is 12.6. The van der Waals surface area contributed by atoms with Gasteiger partial charge in [0.15, 0.2) is 0 Å². The summed E-state index contributed by atoms with van der Waals surface area (Å²) in [6.45, 7) is 2.97. The molecule has 1 fully saturated rings. The summed E-state index contributed by atoms with van der Waals surface area (Å²) in [6.07, 6.45) is -3.75. The van der Waals surface area contributed by atoms with Crippen molar-refractivity contribution in [2.45, 2.75) is 12.6 Å². The number of halogens is 3. The van der Waals surface area contributed by atoms with E-state index in [4.69, 9.17) is 4.74 Å². The first-order valence-corrected chi connectivity index (χ1v) is 9.94. The Kier molecular flexibility index (Phi) is 6.91. The molecule has 11 heteroatoms. The number of piperazine rings is 1. The van der Waals surface area contributed by atoms with Gasteiger partial charge in [-0.25, -0.2) is 0 Å². The summed E-state index contributed by atoms with van der Waals surface area (Å²) in [6, 6.07) is 7.68. The molecule has 29 heavy (non-hydrogen) atoms. The quantitative estimate of drug-likeness (QED) is 0.727. The Balaban J connectivity index is 1.37. The number of carbonyl (C=O) groups is 1. The van der Waals surface area contributed by atoms with Gasteiger partial charge in [0.2, 0.25) is 16.0 Å². The summed E-state index contributed by atoms with van der Waals surface area (Å²) in [5.41, 5.74) is 1.11. The molecule has 0 aliphatic carbocycles. The molecule has 7 nitrogen and oxygen atoms in total. The number of alkyl halides is 3. The molecule has 2 aromatic rings. The Hall–Kier alpha value is -2.40. The Morgan fingerprint density at radius 1 is 1.17 bits per heavy atom. The number of carbonyl (C=O) groups excluding carboxylic acids is 1. The minimum absolute atomic E-state index is 0.0674. The first kappa shape index (κ1) is 21.3. The summed E-state index contributed by atoms with van der Waals surface area (Å²) >= 11 is 0.546. The van der Waals surface area contributed by atoms with E-state index in [9.17, 15) is 18.0 Å². The number of nitrogens with one attached hydrogen (secondary N) is 1. The van der Waals surface area contributed by atoms with Crippen molar-refractivity contribution in [2.24, 2.45) is 0 Å². The molecule has 0 atom stereocenters. The second kappa shape index (κ2) is 9.40. The van der Waals surface area contributed by atoms with E-state index in [-0.39, 0.29) is 17.6 Å². The highest BCUT2D eigenvalue weighted by Crippen LogP contribution is 2.34. The standard InChI is InChI=1S/C18H22F3N5O2S/c1-28-14-4-2-13(3-5-14)6-7-22-15(27)12-25-8-10-26(11-9-25)17-24-23-16(29-17)18(19,20)21/h2-5H,6-12H2,1H3,(H,22,27). The highest BCUT2D eigenvalue weighted by Gasteiger charge is 2.36. The SMILES string of the molecule is COc1ccc(CCNC(=O)CN2CCN(c3nnc(C(F)(F)F)s3)CC2)cc1. The van der Waals surface area contributed by atoms with Gasteiger partial charge >= 0.3 is 6.18 Å². The highest BCUT2D eigenvalue weighted by molar-refractivity contribution is 7.15. The van der Waals surface area contributed by atoms with E-state index < -0.39 is 11.2 Å². The highest BCUT2D eigenvalue weighted by atomic mass is 32.1. The van der Waals surface area contributed by atoms with E-state index in [0.29, 0.717) is 44.1 Å². The maximum absolute atomic E-state index is 12.6. The number of aromatic nitrogens is 2. The lowest BCUT2D eigenvalue weighted by atomic mass is 10.1. The average Bonchev–Trinajstić information content (AvgIpc) is 3.20. The molecule has 0 spiro atoms. The van der Waals surface area contributed by atoms with Crippen molar-refractivity contribution in [1.82, 2.24) is 20.4 Å². The normalized spacial score (nSPS) is 15.4. The monoisotopic (exact) mass is 429 g/mol. The van der Waals surface area contributed by atoms with Gasteiger partial charge in [-0.15, -0.1) is 10.2 Å². The van der Waals surface area contributed by atoms with E-state index in [1.165, 1.54) is 0 Å². The van der Waals surface area contributed by atoms with Crippen molar-refractivity contribution in [1.29, 1.82) is 0 Å². The van der Waals surface area contributed by atoms with Gasteiger partial charge in [-0.2, -0.15) is 13.2 Å². The van der Waals surface area contributed by atoms with Crippen LogP contribution in [0.4, 0.5) is 18.3 Å². The van der Waals surface area contributed by atoms with Crippen molar-refractivity contribution >= 4 is 22.4 Å². The lowest BCUT2D eigenvalue weighted by molar-refractivity contribution is -0.138. The van der Waals surface area contributed by atoms with E-state index in [1.54, 1.807) is 12.0 Å². The number of anilines is 1. The summed E-state index contributed by atoms with van der Waals surface area (Å²) in [5, 5.41) is 9.08. The number of benzene rings is 1. The molecule has 0 radical (unpaired) electrons. The zero-order chi connectivity index (χ0) is 20.9. The number of amides is 1. The topological polar surface area (TPSA) is 70.6 Å². The first-order valence-electron chi connectivity index (χ1n) is 9.13. The van der Waals surface area contributed by atoms with E-state index in [0.717, 1.165) is 17.7 Å². The lowest BCUT2D eigenvalue weighted by Gasteiger charge is -2.33. The molecule has 0 unspecified atom stereocenters. The Morgan fingerprint density at radius 2 is 1.86 bits per heavy atom. The molecule has 3 rings (SSSR count). The lowest BCUT2D eigenvalue weighted by Crippen LogP contribution is -2.49. The van der Waals surface area contributed by atoms with Crippen LogP contribution in [-0.2, 0) is 17.4 Å². The smallest absolute Gasteiger partial charge is 0.445 e. The number of hydrogen-bond acceptors (Lipinski definition) is 7. The third-order valence-electron chi connectivity index (χ3n) is 4.56. The Bertz CT molecular complexity index is 805. The molecule has 1 aliphatic heterocycles.